The SMILES string of the molecule is CCCC(C)(O)CNC(=O)c1cc(N)cc(OC)c1. The van der Waals surface area contributed by atoms with E-state index in [2.05, 4.69) is 5.32 Å². The molecule has 0 fully saturated rings. The lowest BCUT2D eigenvalue weighted by Crippen LogP contribution is -2.40. The van der Waals surface area contributed by atoms with Gasteiger partial charge in [-0.05, 0) is 25.5 Å². The van der Waals surface area contributed by atoms with Gasteiger partial charge < -0.3 is 20.9 Å². The number of carbonyl (C=O) groups excluding carboxylic acids is 1. The number of ether oxygens (including phenoxy) is 1. The molecule has 1 amide bonds. The summed E-state index contributed by atoms with van der Waals surface area (Å²) in [6.07, 6.45) is 1.49. The second kappa shape index (κ2) is 6.43. The number of nitrogens with one attached hydrogen (secondary N) is 1. The van der Waals surface area contributed by atoms with Crippen LogP contribution in [0.3, 0.4) is 0 Å². The standard InChI is InChI=1S/C14H22N2O3/c1-4-5-14(2,18)9-16-13(17)10-6-11(15)8-12(7-10)19-3/h6-8,18H,4-5,9,15H2,1-3H3,(H,16,17). The zero-order chi connectivity index (χ0) is 14.5. The van der Waals surface area contributed by atoms with Crippen LogP contribution in [0.4, 0.5) is 5.69 Å². The fourth-order valence-corrected chi connectivity index (χ4v) is 1.87. The summed E-state index contributed by atoms with van der Waals surface area (Å²) in [5, 5.41) is 12.7. The molecule has 0 heterocycles. The Hall–Kier alpha value is -1.75. The number of carbonyl (C=O) groups is 1. The molecule has 19 heavy (non-hydrogen) atoms. The highest BCUT2D eigenvalue weighted by atomic mass is 16.5. The maximum absolute atomic E-state index is 12.0. The van der Waals surface area contributed by atoms with E-state index < -0.39 is 5.60 Å². The lowest BCUT2D eigenvalue weighted by Gasteiger charge is -2.23. The number of benzene rings is 1. The zero-order valence-electron chi connectivity index (χ0n) is 11.7. The lowest BCUT2D eigenvalue weighted by molar-refractivity contribution is 0.0469. The molecule has 0 spiro atoms. The molecule has 0 aliphatic rings. The van der Waals surface area contributed by atoms with E-state index >= 15 is 0 Å². The van der Waals surface area contributed by atoms with E-state index in [9.17, 15) is 9.90 Å². The fraction of sp³-hybridized carbons (Fsp3) is 0.500. The van der Waals surface area contributed by atoms with Crippen molar-refractivity contribution in [3.8, 4) is 5.75 Å². The molecular formula is C14H22N2O3. The van der Waals surface area contributed by atoms with E-state index in [1.54, 1.807) is 25.1 Å². The lowest BCUT2D eigenvalue weighted by atomic mass is 10.0. The van der Waals surface area contributed by atoms with Crippen LogP contribution in [0.2, 0.25) is 0 Å². The number of hydrogen-bond acceptors (Lipinski definition) is 4. The molecule has 5 nitrogen and oxygen atoms in total. The monoisotopic (exact) mass is 266 g/mol. The summed E-state index contributed by atoms with van der Waals surface area (Å²) in [6.45, 7) is 3.90. The van der Waals surface area contributed by atoms with Gasteiger partial charge in [0.2, 0.25) is 0 Å². The summed E-state index contributed by atoms with van der Waals surface area (Å²) >= 11 is 0. The fourth-order valence-electron chi connectivity index (χ4n) is 1.87. The molecule has 5 heteroatoms. The Labute approximate surface area is 113 Å². The van der Waals surface area contributed by atoms with Crippen LogP contribution < -0.4 is 15.8 Å². The maximum atomic E-state index is 12.0. The largest absolute Gasteiger partial charge is 0.497 e. The van der Waals surface area contributed by atoms with Gasteiger partial charge in [0.05, 0.1) is 12.7 Å². The van der Waals surface area contributed by atoms with Crippen LogP contribution in [0.25, 0.3) is 0 Å². The minimum absolute atomic E-state index is 0.205. The van der Waals surface area contributed by atoms with Crippen molar-refractivity contribution in [2.45, 2.75) is 32.3 Å². The summed E-state index contributed by atoms with van der Waals surface area (Å²) in [6, 6.07) is 4.83. The first-order chi connectivity index (χ1) is 8.88. The van der Waals surface area contributed by atoms with Gasteiger partial charge in [-0.2, -0.15) is 0 Å². The second-order valence-corrected chi connectivity index (χ2v) is 4.92. The van der Waals surface area contributed by atoms with Crippen LogP contribution in [0.15, 0.2) is 18.2 Å². The summed E-state index contributed by atoms with van der Waals surface area (Å²) in [7, 11) is 1.52. The predicted molar refractivity (Wildman–Crippen MR) is 75.3 cm³/mol. The highest BCUT2D eigenvalue weighted by Crippen LogP contribution is 2.18. The van der Waals surface area contributed by atoms with Crippen LogP contribution in [0.1, 0.15) is 37.0 Å². The molecule has 0 aromatic heterocycles. The van der Waals surface area contributed by atoms with Gasteiger partial charge in [0, 0.05) is 23.9 Å². The molecule has 1 aromatic rings. The van der Waals surface area contributed by atoms with Crippen molar-refractivity contribution in [3.05, 3.63) is 23.8 Å². The molecule has 4 N–H and O–H groups in total. The molecule has 0 radical (unpaired) electrons. The predicted octanol–water partition coefficient (Wildman–Crippen LogP) is 1.56. The molecule has 1 unspecified atom stereocenters. The van der Waals surface area contributed by atoms with Crippen molar-refractivity contribution in [1.82, 2.24) is 5.32 Å². The minimum Gasteiger partial charge on any atom is -0.497 e. The quantitative estimate of drug-likeness (QED) is 0.682. The molecule has 1 aromatic carbocycles. The Kier molecular flexibility index (Phi) is 5.18. The normalized spacial score (nSPS) is 13.7. The number of anilines is 1. The van der Waals surface area contributed by atoms with E-state index in [1.807, 2.05) is 6.92 Å². The molecule has 0 saturated carbocycles. The average Bonchev–Trinajstić information content (AvgIpc) is 2.35. The van der Waals surface area contributed by atoms with E-state index in [0.717, 1.165) is 6.42 Å². The van der Waals surface area contributed by atoms with Gasteiger partial charge in [-0.25, -0.2) is 0 Å². The van der Waals surface area contributed by atoms with Crippen molar-refractivity contribution in [3.63, 3.8) is 0 Å². The molecule has 0 bridgehead atoms. The number of amides is 1. The van der Waals surface area contributed by atoms with Gasteiger partial charge in [-0.3, -0.25) is 4.79 Å². The third-order valence-corrected chi connectivity index (χ3v) is 2.85. The molecule has 0 saturated heterocycles. The molecular weight excluding hydrogens is 244 g/mol. The van der Waals surface area contributed by atoms with Gasteiger partial charge in [0.15, 0.2) is 0 Å². The van der Waals surface area contributed by atoms with Gasteiger partial charge >= 0.3 is 0 Å². The van der Waals surface area contributed by atoms with E-state index in [-0.39, 0.29) is 12.5 Å². The van der Waals surface area contributed by atoms with Crippen molar-refractivity contribution in [2.75, 3.05) is 19.4 Å². The van der Waals surface area contributed by atoms with E-state index in [4.69, 9.17) is 10.5 Å². The van der Waals surface area contributed by atoms with Gasteiger partial charge in [0.25, 0.3) is 5.91 Å². The van der Waals surface area contributed by atoms with Crippen LogP contribution in [-0.2, 0) is 0 Å². The molecule has 1 rings (SSSR count). The smallest absolute Gasteiger partial charge is 0.251 e. The van der Waals surface area contributed by atoms with Crippen LogP contribution >= 0.6 is 0 Å². The average molecular weight is 266 g/mol. The van der Waals surface area contributed by atoms with E-state index in [0.29, 0.717) is 23.4 Å². The van der Waals surface area contributed by atoms with Crippen molar-refractivity contribution in [2.24, 2.45) is 0 Å². The Morgan fingerprint density at radius 2 is 2.16 bits per heavy atom. The number of nitrogens with two attached hydrogens (primary N) is 1. The van der Waals surface area contributed by atoms with Gasteiger partial charge in [0.1, 0.15) is 5.75 Å². The van der Waals surface area contributed by atoms with Crippen molar-refractivity contribution in [1.29, 1.82) is 0 Å². The first-order valence-corrected chi connectivity index (χ1v) is 6.33. The minimum atomic E-state index is -0.894. The topological polar surface area (TPSA) is 84.6 Å². The summed E-state index contributed by atoms with van der Waals surface area (Å²) in [5.74, 6) is 0.257. The second-order valence-electron chi connectivity index (χ2n) is 4.92. The Bertz CT molecular complexity index is 444. The van der Waals surface area contributed by atoms with Gasteiger partial charge in [-0.15, -0.1) is 0 Å². The molecule has 1 atom stereocenters. The van der Waals surface area contributed by atoms with E-state index in [1.165, 1.54) is 7.11 Å². The number of methoxy groups -OCH3 is 1. The highest BCUT2D eigenvalue weighted by molar-refractivity contribution is 5.95. The third-order valence-electron chi connectivity index (χ3n) is 2.85. The summed E-state index contributed by atoms with van der Waals surface area (Å²) < 4.78 is 5.06. The summed E-state index contributed by atoms with van der Waals surface area (Å²) in [4.78, 5) is 12.0. The van der Waals surface area contributed by atoms with Gasteiger partial charge in [-0.1, -0.05) is 13.3 Å². The molecule has 106 valence electrons. The first kappa shape index (κ1) is 15.3. The Morgan fingerprint density at radius 1 is 1.47 bits per heavy atom. The van der Waals surface area contributed by atoms with Crippen LogP contribution in [-0.4, -0.2) is 30.3 Å². The van der Waals surface area contributed by atoms with Crippen molar-refractivity contribution < 1.29 is 14.6 Å². The van der Waals surface area contributed by atoms with Crippen molar-refractivity contribution >= 4 is 11.6 Å². The number of hydrogen-bond donors (Lipinski definition) is 3. The van der Waals surface area contributed by atoms with Crippen LogP contribution in [0.5, 0.6) is 5.75 Å². The maximum Gasteiger partial charge on any atom is 0.251 e. The first-order valence-electron chi connectivity index (χ1n) is 6.33. The number of rotatable bonds is 6. The van der Waals surface area contributed by atoms with Crippen LogP contribution in [0, 0.1) is 0 Å². The third kappa shape index (κ3) is 4.79. The Morgan fingerprint density at radius 3 is 2.74 bits per heavy atom. The Balaban J connectivity index is 2.71. The highest BCUT2D eigenvalue weighted by Gasteiger charge is 2.20. The molecule has 0 aliphatic heterocycles. The zero-order valence-corrected chi connectivity index (χ0v) is 11.7. The summed E-state index contributed by atoms with van der Waals surface area (Å²) in [5.41, 5.74) is 5.68. The molecule has 0 aliphatic carbocycles. The number of nitrogen functional groups attached to an aromatic ring is 1. The number of aliphatic hydroxyl groups is 1.